The predicted molar refractivity (Wildman–Crippen MR) is 208 cm³/mol. The highest BCUT2D eigenvalue weighted by atomic mass is 15.1. The van der Waals surface area contributed by atoms with E-state index in [2.05, 4.69) is 176 Å². The molecule has 4 heterocycles. The third-order valence-electron chi connectivity index (χ3n) is 9.43. The number of aromatic nitrogens is 3. The Labute approximate surface area is 281 Å². The van der Waals surface area contributed by atoms with Gasteiger partial charge in [-0.25, -0.2) is 4.98 Å². The van der Waals surface area contributed by atoms with Crippen LogP contribution in [0.25, 0.3) is 83.7 Å². The van der Waals surface area contributed by atoms with Gasteiger partial charge in [-0.1, -0.05) is 117 Å². The van der Waals surface area contributed by atoms with E-state index in [0.29, 0.717) is 0 Å². The van der Waals surface area contributed by atoms with Gasteiger partial charge < -0.3 is 4.40 Å². The largest absolute Gasteiger partial charge is 0.309 e. The fraction of sp³-hybridized carbons (Fsp3) is 0.0889. The number of hydrogen-bond acceptors (Lipinski definition) is 1. The van der Waals surface area contributed by atoms with Gasteiger partial charge in [0, 0.05) is 32.5 Å². The summed E-state index contributed by atoms with van der Waals surface area (Å²) in [5, 5.41) is 6.14. The smallest absolute Gasteiger partial charge is 0.138 e. The van der Waals surface area contributed by atoms with Crippen LogP contribution in [0.5, 0.6) is 0 Å². The Hall–Kier alpha value is -5.93. The highest BCUT2D eigenvalue weighted by Crippen LogP contribution is 2.42. The van der Waals surface area contributed by atoms with Gasteiger partial charge in [0.2, 0.25) is 0 Å². The van der Waals surface area contributed by atoms with E-state index < -0.39 is 0 Å². The summed E-state index contributed by atoms with van der Waals surface area (Å²) in [5.74, 6) is 0.901. The molecule has 0 radical (unpaired) electrons. The van der Waals surface area contributed by atoms with Crippen LogP contribution in [0, 0.1) is 0 Å². The van der Waals surface area contributed by atoms with Gasteiger partial charge in [0.1, 0.15) is 5.82 Å². The third-order valence-corrected chi connectivity index (χ3v) is 9.43. The second-order valence-electron chi connectivity index (χ2n) is 12.2. The van der Waals surface area contributed by atoms with Crippen LogP contribution in [0.15, 0.2) is 140 Å². The molecule has 0 spiro atoms. The van der Waals surface area contributed by atoms with Gasteiger partial charge in [-0.15, -0.1) is 0 Å². The summed E-state index contributed by atoms with van der Waals surface area (Å²) in [6.45, 7) is 10.5. The fourth-order valence-electron chi connectivity index (χ4n) is 7.36. The third kappa shape index (κ3) is 4.54. The molecule has 0 saturated heterocycles. The Morgan fingerprint density at radius 2 is 1.42 bits per heavy atom. The molecule has 0 N–H and O–H groups in total. The lowest BCUT2D eigenvalue weighted by molar-refractivity contribution is 1.07. The van der Waals surface area contributed by atoms with Crippen LogP contribution in [-0.2, 0) is 0 Å². The standard InChI is InChI=1S/C45H37N3/c1-5-9-18-30(7-3)37-27-33(31-19-11-10-12-20-31)29-43(46-37)48-40-24-16-14-22-35(40)45-41(48)26-25-36-42-28-32(17-6-2)38(8-4)47(42)39-23-15-13-21-34(39)44(36)45/h6-29H,4-5H2,1-3H3/b17-6-,18-9-,30-7+. The molecule has 48 heavy (non-hydrogen) atoms. The molecule has 232 valence electrons. The lowest BCUT2D eigenvalue weighted by Crippen LogP contribution is -2.01. The first kappa shape index (κ1) is 29.5. The van der Waals surface area contributed by atoms with Gasteiger partial charge in [-0.05, 0) is 79.4 Å². The van der Waals surface area contributed by atoms with Gasteiger partial charge in [0.05, 0.1) is 33.5 Å². The molecule has 0 atom stereocenters. The van der Waals surface area contributed by atoms with Gasteiger partial charge in [-0.2, -0.15) is 0 Å². The van der Waals surface area contributed by atoms with Gasteiger partial charge in [0.15, 0.2) is 0 Å². The van der Waals surface area contributed by atoms with Crippen LogP contribution >= 0.6 is 0 Å². The average Bonchev–Trinajstić information content (AvgIpc) is 3.68. The molecule has 0 bridgehead atoms. The normalized spacial score (nSPS) is 12.6. The van der Waals surface area contributed by atoms with E-state index in [1.54, 1.807) is 0 Å². The van der Waals surface area contributed by atoms with E-state index in [9.17, 15) is 0 Å². The molecule has 3 nitrogen and oxygen atoms in total. The first-order valence-corrected chi connectivity index (χ1v) is 16.7. The lowest BCUT2D eigenvalue weighted by atomic mass is 9.99. The Balaban J connectivity index is 1.53. The Bertz CT molecular complexity index is 2620. The molecule has 4 aromatic heterocycles. The van der Waals surface area contributed by atoms with Gasteiger partial charge in [0.25, 0.3) is 0 Å². The van der Waals surface area contributed by atoms with Crippen LogP contribution in [0.1, 0.15) is 44.1 Å². The molecule has 0 amide bonds. The summed E-state index contributed by atoms with van der Waals surface area (Å²) >= 11 is 0. The molecule has 0 aliphatic carbocycles. The second kappa shape index (κ2) is 12.0. The molecular weight excluding hydrogens is 583 g/mol. The monoisotopic (exact) mass is 619 g/mol. The van der Waals surface area contributed by atoms with E-state index in [0.717, 1.165) is 45.8 Å². The number of benzene rings is 4. The maximum Gasteiger partial charge on any atom is 0.138 e. The minimum absolute atomic E-state index is 0.901. The summed E-state index contributed by atoms with van der Waals surface area (Å²) in [6.07, 6.45) is 13.8. The van der Waals surface area contributed by atoms with E-state index in [1.807, 2.05) is 6.08 Å². The van der Waals surface area contributed by atoms with Crippen LogP contribution < -0.4 is 0 Å². The Morgan fingerprint density at radius 3 is 2.15 bits per heavy atom. The summed E-state index contributed by atoms with van der Waals surface area (Å²) in [7, 11) is 0. The first-order chi connectivity index (χ1) is 23.7. The zero-order valence-corrected chi connectivity index (χ0v) is 27.6. The Kier molecular flexibility index (Phi) is 7.38. The topological polar surface area (TPSA) is 22.2 Å². The van der Waals surface area contributed by atoms with Crippen molar-refractivity contribution in [3.63, 3.8) is 0 Å². The predicted octanol–water partition coefficient (Wildman–Crippen LogP) is 12.5. The lowest BCUT2D eigenvalue weighted by Gasteiger charge is -2.14. The van der Waals surface area contributed by atoms with Crippen LogP contribution in [0.3, 0.4) is 0 Å². The molecular formula is C45H37N3. The minimum atomic E-state index is 0.901. The van der Waals surface area contributed by atoms with E-state index in [4.69, 9.17) is 4.98 Å². The molecule has 0 aliphatic heterocycles. The zero-order chi connectivity index (χ0) is 32.8. The number of hydrogen-bond donors (Lipinski definition) is 0. The number of allylic oxidation sites excluding steroid dienone is 5. The highest BCUT2D eigenvalue weighted by molar-refractivity contribution is 6.30. The van der Waals surface area contributed by atoms with Crippen molar-refractivity contribution in [3.05, 3.63) is 157 Å². The molecule has 8 rings (SSSR count). The fourth-order valence-corrected chi connectivity index (χ4v) is 7.36. The molecule has 0 unspecified atom stereocenters. The van der Waals surface area contributed by atoms with Crippen molar-refractivity contribution in [3.8, 4) is 16.9 Å². The number of pyridine rings is 2. The van der Waals surface area contributed by atoms with E-state index in [-0.39, 0.29) is 0 Å². The minimum Gasteiger partial charge on any atom is -0.309 e. The van der Waals surface area contributed by atoms with Crippen molar-refractivity contribution < 1.29 is 0 Å². The first-order valence-electron chi connectivity index (χ1n) is 16.7. The molecule has 3 heteroatoms. The van der Waals surface area contributed by atoms with Crippen molar-refractivity contribution in [1.82, 2.24) is 14.0 Å². The van der Waals surface area contributed by atoms with Crippen molar-refractivity contribution in [2.45, 2.75) is 27.2 Å². The molecule has 0 fully saturated rings. The Morgan fingerprint density at radius 1 is 0.708 bits per heavy atom. The van der Waals surface area contributed by atoms with Crippen molar-refractivity contribution in [1.29, 1.82) is 0 Å². The maximum atomic E-state index is 5.39. The maximum absolute atomic E-state index is 5.39. The van der Waals surface area contributed by atoms with Crippen LogP contribution in [0.2, 0.25) is 0 Å². The zero-order valence-electron chi connectivity index (χ0n) is 27.6. The molecule has 0 aliphatic rings. The van der Waals surface area contributed by atoms with Gasteiger partial charge >= 0.3 is 0 Å². The highest BCUT2D eigenvalue weighted by Gasteiger charge is 2.21. The van der Waals surface area contributed by atoms with Crippen molar-refractivity contribution >= 4 is 66.7 Å². The van der Waals surface area contributed by atoms with Crippen LogP contribution in [0.4, 0.5) is 0 Å². The number of para-hydroxylation sites is 2. The van der Waals surface area contributed by atoms with Crippen LogP contribution in [-0.4, -0.2) is 14.0 Å². The number of fused-ring (bicyclic) bond motifs is 10. The quantitative estimate of drug-likeness (QED) is 0.128. The second-order valence-corrected chi connectivity index (χ2v) is 12.2. The average molecular weight is 620 g/mol. The summed E-state index contributed by atoms with van der Waals surface area (Å²) in [4.78, 5) is 5.39. The molecule has 0 saturated carbocycles. The SMILES string of the molecule is C=Cc1c(/C=C\C)cc2c3ccc4c(c5ccccc5n4-c4cc(-c5ccccc5)cc(C(/C=C\CC)=C/C)n4)c3c3ccccc3n12. The summed E-state index contributed by atoms with van der Waals surface area (Å²) in [6, 6.07) is 39.5. The number of rotatable bonds is 7. The summed E-state index contributed by atoms with van der Waals surface area (Å²) in [5.41, 5.74) is 11.3. The molecule has 8 aromatic rings. The number of nitrogens with zero attached hydrogens (tertiary/aromatic N) is 3. The molecule has 4 aromatic carbocycles. The summed E-state index contributed by atoms with van der Waals surface area (Å²) < 4.78 is 4.72. The van der Waals surface area contributed by atoms with E-state index in [1.165, 1.54) is 49.1 Å². The van der Waals surface area contributed by atoms with Crippen molar-refractivity contribution in [2.75, 3.05) is 0 Å². The van der Waals surface area contributed by atoms with Gasteiger partial charge in [-0.3, -0.25) is 4.57 Å². The van der Waals surface area contributed by atoms with E-state index >= 15 is 0 Å². The van der Waals surface area contributed by atoms with Crippen molar-refractivity contribution in [2.24, 2.45) is 0 Å².